The molecule has 0 radical (unpaired) electrons. The number of rotatable bonds is 6. The van der Waals surface area contributed by atoms with Gasteiger partial charge in [0.2, 0.25) is 0 Å². The fourth-order valence-electron chi connectivity index (χ4n) is 3.78. The van der Waals surface area contributed by atoms with Crippen molar-refractivity contribution >= 4 is 46.9 Å². The van der Waals surface area contributed by atoms with Gasteiger partial charge in [-0.05, 0) is 66.4 Å². The van der Waals surface area contributed by atoms with Crippen molar-refractivity contribution < 1.29 is 9.18 Å². The summed E-state index contributed by atoms with van der Waals surface area (Å²) in [5, 5.41) is 6.38. The van der Waals surface area contributed by atoms with Crippen molar-refractivity contribution in [2.45, 2.75) is 32.2 Å². The first-order chi connectivity index (χ1) is 17.3. The number of halogens is 2. The van der Waals surface area contributed by atoms with Crippen LogP contribution in [0, 0.1) is 5.82 Å². The van der Waals surface area contributed by atoms with Gasteiger partial charge in [-0.1, -0.05) is 37.2 Å². The van der Waals surface area contributed by atoms with Gasteiger partial charge in [-0.15, -0.1) is 5.73 Å². The molecule has 1 atom stereocenters. The van der Waals surface area contributed by atoms with E-state index in [1.54, 1.807) is 25.5 Å². The van der Waals surface area contributed by atoms with Crippen molar-refractivity contribution in [1.82, 2.24) is 21.5 Å². The lowest BCUT2D eigenvalue weighted by molar-refractivity contribution is -0.117. The summed E-state index contributed by atoms with van der Waals surface area (Å²) in [6.45, 7) is 6.25. The lowest BCUT2D eigenvalue weighted by atomic mass is 9.94. The molecule has 2 aliphatic rings. The molecule has 1 heterocycles. The maximum Gasteiger partial charge on any atom is 0.250 e. The van der Waals surface area contributed by atoms with E-state index < -0.39 is 6.04 Å². The molecular weight excluding hydrogens is 499 g/mol. The number of fused-ring (bicyclic) bond motifs is 1. The predicted octanol–water partition coefficient (Wildman–Crippen LogP) is 4.06. The monoisotopic (exact) mass is 526 g/mol. The van der Waals surface area contributed by atoms with Crippen molar-refractivity contribution in [3.63, 3.8) is 0 Å². The Labute approximate surface area is 220 Å². The molecule has 188 valence electrons. The molecule has 7 nitrogen and oxygen atoms in total. The van der Waals surface area contributed by atoms with Crippen molar-refractivity contribution in [1.29, 1.82) is 0 Å². The third kappa shape index (κ3) is 6.79. The molecule has 0 fully saturated rings. The first kappa shape index (κ1) is 27.1. The molecular formula is C26H28ClFN6OS. The van der Waals surface area contributed by atoms with Crippen LogP contribution in [0.15, 0.2) is 80.6 Å². The lowest BCUT2D eigenvalue weighted by Crippen LogP contribution is -2.48. The number of amidine groups is 1. The highest BCUT2D eigenvalue weighted by Gasteiger charge is 2.27. The minimum Gasteiger partial charge on any atom is -0.352 e. The van der Waals surface area contributed by atoms with Gasteiger partial charge in [-0.2, -0.15) is 0 Å². The molecule has 36 heavy (non-hydrogen) atoms. The number of thiocarbonyl (C=S) groups is 1. The number of carbonyl (C=O) groups excluding carboxylic acids is 1. The van der Waals surface area contributed by atoms with Crippen LogP contribution in [0.2, 0.25) is 0 Å². The Morgan fingerprint density at radius 3 is 2.94 bits per heavy atom. The van der Waals surface area contributed by atoms with Gasteiger partial charge in [-0.25, -0.2) is 4.39 Å². The van der Waals surface area contributed by atoms with Crippen molar-refractivity contribution in [3.8, 4) is 0 Å². The Kier molecular flexibility index (Phi) is 9.76. The van der Waals surface area contributed by atoms with Crippen LogP contribution < -0.4 is 21.5 Å². The van der Waals surface area contributed by atoms with Gasteiger partial charge in [0.05, 0.1) is 17.3 Å². The summed E-state index contributed by atoms with van der Waals surface area (Å²) in [6, 6.07) is 4.58. The van der Waals surface area contributed by atoms with E-state index in [0.717, 1.165) is 23.1 Å². The SMILES string of the molecule is C=C(/C=C(/Cl)C(=NC)NNC(=S)NC1C2=C(C=C=CN=C2)CCc2c(F)cccc21)C(=O)NCCC. The number of amides is 1. The van der Waals surface area contributed by atoms with E-state index in [0.29, 0.717) is 24.9 Å². The normalized spacial score (nSPS) is 16.9. The van der Waals surface area contributed by atoms with Crippen LogP contribution in [0.5, 0.6) is 0 Å². The van der Waals surface area contributed by atoms with Crippen molar-refractivity contribution in [2.24, 2.45) is 9.98 Å². The number of hydrogen-bond acceptors (Lipinski definition) is 4. The Morgan fingerprint density at radius 2 is 2.19 bits per heavy atom. The van der Waals surface area contributed by atoms with E-state index in [4.69, 9.17) is 23.8 Å². The average molecular weight is 527 g/mol. The zero-order valence-electron chi connectivity index (χ0n) is 20.1. The van der Waals surface area contributed by atoms with Crippen LogP contribution in [-0.2, 0) is 11.2 Å². The zero-order valence-corrected chi connectivity index (χ0v) is 21.7. The van der Waals surface area contributed by atoms with Crippen LogP contribution in [0.3, 0.4) is 0 Å². The molecule has 1 aliphatic carbocycles. The van der Waals surface area contributed by atoms with Crippen molar-refractivity contribution in [3.05, 3.63) is 87.6 Å². The Balaban J connectivity index is 1.75. The van der Waals surface area contributed by atoms with Crippen LogP contribution in [0.1, 0.15) is 36.9 Å². The molecule has 1 amide bonds. The second-order valence-electron chi connectivity index (χ2n) is 8.01. The number of benzene rings is 1. The van der Waals surface area contributed by atoms with Gasteiger partial charge in [0, 0.05) is 31.0 Å². The van der Waals surface area contributed by atoms with E-state index in [1.807, 2.05) is 19.1 Å². The molecule has 1 aliphatic heterocycles. The van der Waals surface area contributed by atoms with Crippen LogP contribution in [-0.4, -0.2) is 36.7 Å². The largest absolute Gasteiger partial charge is 0.352 e. The maximum atomic E-state index is 14.7. The minimum absolute atomic E-state index is 0.170. The third-order valence-electron chi connectivity index (χ3n) is 5.56. The summed E-state index contributed by atoms with van der Waals surface area (Å²) in [7, 11) is 1.54. The second kappa shape index (κ2) is 13.0. The highest BCUT2D eigenvalue weighted by molar-refractivity contribution is 7.80. The summed E-state index contributed by atoms with van der Waals surface area (Å²) < 4.78 is 14.7. The van der Waals surface area contributed by atoms with Crippen LogP contribution >= 0.6 is 23.8 Å². The van der Waals surface area contributed by atoms with Gasteiger partial charge in [0.25, 0.3) is 5.91 Å². The van der Waals surface area contributed by atoms with E-state index in [-0.39, 0.29) is 33.3 Å². The number of allylic oxidation sites excluding steroid dienone is 2. The fraction of sp³-hybridized carbons (Fsp3) is 0.269. The summed E-state index contributed by atoms with van der Waals surface area (Å²) in [5.74, 6) is -0.320. The minimum atomic E-state index is -0.446. The number of nitrogens with zero attached hydrogens (tertiary/aromatic N) is 2. The quantitative estimate of drug-likeness (QED) is 0.0853. The van der Waals surface area contributed by atoms with Crippen molar-refractivity contribution in [2.75, 3.05) is 13.6 Å². The van der Waals surface area contributed by atoms with Gasteiger partial charge in [-0.3, -0.25) is 25.6 Å². The van der Waals surface area contributed by atoms with Crippen LogP contribution in [0.25, 0.3) is 0 Å². The number of aliphatic imine (C=N–C) groups is 2. The van der Waals surface area contributed by atoms with Gasteiger partial charge in [0.1, 0.15) is 5.82 Å². The predicted molar refractivity (Wildman–Crippen MR) is 147 cm³/mol. The summed E-state index contributed by atoms with van der Waals surface area (Å²) in [5.41, 5.74) is 12.2. The molecule has 3 rings (SSSR count). The average Bonchev–Trinajstić information content (AvgIpc) is 3.17. The van der Waals surface area contributed by atoms with Gasteiger partial charge >= 0.3 is 0 Å². The maximum absolute atomic E-state index is 14.7. The third-order valence-corrected chi connectivity index (χ3v) is 6.07. The fourth-order valence-corrected chi connectivity index (χ4v) is 4.21. The standard InChI is InChI=1S/C26H28ClFN6OS/c1-4-12-31-25(35)16(2)14-21(27)24(29-3)33-34-26(36)32-23-19-8-5-9-22(28)18(19)11-10-17-7-6-13-30-15-20(17)23/h5,7-9,13-15,23H,2,4,10-12H2,1,3H3,(H,29,33)(H,31,35)(H2,32,34,36)/b21-14+. The first-order valence-electron chi connectivity index (χ1n) is 11.4. The molecule has 1 aromatic carbocycles. The van der Waals surface area contributed by atoms with E-state index in [2.05, 4.69) is 43.8 Å². The number of carbonyl (C=O) groups is 1. The molecule has 1 aromatic rings. The molecule has 0 aromatic heterocycles. The summed E-state index contributed by atoms with van der Waals surface area (Å²) >= 11 is 11.9. The summed E-state index contributed by atoms with van der Waals surface area (Å²) in [6.07, 6.45) is 8.62. The van der Waals surface area contributed by atoms with Gasteiger partial charge in [0.15, 0.2) is 10.9 Å². The molecule has 0 saturated carbocycles. The highest BCUT2D eigenvalue weighted by atomic mass is 35.5. The summed E-state index contributed by atoms with van der Waals surface area (Å²) in [4.78, 5) is 20.4. The first-order valence-corrected chi connectivity index (χ1v) is 12.2. The van der Waals surface area contributed by atoms with E-state index >= 15 is 0 Å². The van der Waals surface area contributed by atoms with Gasteiger partial charge < -0.3 is 10.6 Å². The lowest BCUT2D eigenvalue weighted by Gasteiger charge is -2.24. The molecule has 0 saturated heterocycles. The number of nitrogens with one attached hydrogen (secondary N) is 4. The Morgan fingerprint density at radius 1 is 1.39 bits per heavy atom. The van der Waals surface area contributed by atoms with E-state index in [1.165, 1.54) is 12.1 Å². The smallest absolute Gasteiger partial charge is 0.250 e. The molecule has 10 heteroatoms. The molecule has 1 unspecified atom stereocenters. The van der Waals surface area contributed by atoms with Crippen LogP contribution in [0.4, 0.5) is 4.39 Å². The molecule has 0 spiro atoms. The molecule has 4 N–H and O–H groups in total. The second-order valence-corrected chi connectivity index (χ2v) is 8.82. The molecule has 0 bridgehead atoms. The number of hydrazine groups is 1. The zero-order chi connectivity index (χ0) is 26.1. The highest BCUT2D eigenvalue weighted by Crippen LogP contribution is 2.34. The Bertz CT molecular complexity index is 1240. The topological polar surface area (TPSA) is 89.9 Å². The van der Waals surface area contributed by atoms with E-state index in [9.17, 15) is 9.18 Å². The number of hydrogen-bond donors (Lipinski definition) is 4. The Hall–Kier alpha value is -3.52.